The van der Waals surface area contributed by atoms with Gasteiger partial charge >= 0.3 is 0 Å². The number of amides is 1. The number of likely N-dealkylation sites (tertiary alicyclic amines) is 1. The first-order chi connectivity index (χ1) is 12.2. The van der Waals surface area contributed by atoms with Crippen molar-refractivity contribution in [1.82, 2.24) is 4.90 Å². The lowest BCUT2D eigenvalue weighted by Crippen LogP contribution is -2.30. The summed E-state index contributed by atoms with van der Waals surface area (Å²) in [6.45, 7) is 1.10. The zero-order valence-electron chi connectivity index (χ0n) is 13.9. The van der Waals surface area contributed by atoms with E-state index in [1.165, 1.54) is 5.56 Å². The van der Waals surface area contributed by atoms with Crippen LogP contribution in [-0.4, -0.2) is 24.1 Å². The largest absolute Gasteiger partial charge is 0.454 e. The van der Waals surface area contributed by atoms with Crippen LogP contribution in [0.4, 0.5) is 0 Å². The van der Waals surface area contributed by atoms with Gasteiger partial charge in [0.05, 0.1) is 6.04 Å². The van der Waals surface area contributed by atoms with Crippen LogP contribution in [0.15, 0.2) is 42.5 Å². The predicted molar refractivity (Wildman–Crippen MR) is 96.0 cm³/mol. The molecule has 0 aliphatic carbocycles. The standard InChI is InChI=1S/C20H20ClNO3/c21-16-7-5-15(6-8-16)17-2-1-11-22(17)20(23)10-4-14-3-9-18-19(12-14)25-13-24-18/h3,5-9,12,17H,1-2,4,10-11,13H2. The van der Waals surface area contributed by atoms with Crippen molar-refractivity contribution in [3.8, 4) is 11.5 Å². The molecule has 2 heterocycles. The average Bonchev–Trinajstić information content (AvgIpc) is 3.29. The molecule has 0 spiro atoms. The van der Waals surface area contributed by atoms with Gasteiger partial charge in [0, 0.05) is 18.0 Å². The minimum Gasteiger partial charge on any atom is -0.454 e. The lowest BCUT2D eigenvalue weighted by Gasteiger charge is -2.25. The third-order valence-electron chi connectivity index (χ3n) is 4.89. The second-order valence-electron chi connectivity index (χ2n) is 6.48. The van der Waals surface area contributed by atoms with Gasteiger partial charge in [-0.2, -0.15) is 0 Å². The third-order valence-corrected chi connectivity index (χ3v) is 5.14. The van der Waals surface area contributed by atoms with E-state index in [0.29, 0.717) is 12.8 Å². The number of nitrogens with zero attached hydrogens (tertiary/aromatic N) is 1. The van der Waals surface area contributed by atoms with Gasteiger partial charge in [0.1, 0.15) is 0 Å². The number of ether oxygens (including phenoxy) is 2. The molecule has 0 N–H and O–H groups in total. The van der Waals surface area contributed by atoms with E-state index in [-0.39, 0.29) is 18.7 Å². The van der Waals surface area contributed by atoms with E-state index in [0.717, 1.165) is 41.5 Å². The monoisotopic (exact) mass is 357 g/mol. The third kappa shape index (κ3) is 3.45. The van der Waals surface area contributed by atoms with Crippen LogP contribution in [0.3, 0.4) is 0 Å². The molecule has 2 aromatic rings. The first kappa shape index (κ1) is 16.3. The normalized spacial score (nSPS) is 18.6. The number of fused-ring (bicyclic) bond motifs is 1. The van der Waals surface area contributed by atoms with E-state index in [9.17, 15) is 4.79 Å². The summed E-state index contributed by atoms with van der Waals surface area (Å²) in [7, 11) is 0. The number of benzene rings is 2. The smallest absolute Gasteiger partial charge is 0.231 e. The van der Waals surface area contributed by atoms with Crippen LogP contribution in [-0.2, 0) is 11.2 Å². The van der Waals surface area contributed by atoms with Crippen LogP contribution in [0.5, 0.6) is 11.5 Å². The number of hydrogen-bond donors (Lipinski definition) is 0. The molecule has 1 amide bonds. The molecule has 1 saturated heterocycles. The average molecular weight is 358 g/mol. The van der Waals surface area contributed by atoms with E-state index in [2.05, 4.69) is 0 Å². The fraction of sp³-hybridized carbons (Fsp3) is 0.350. The van der Waals surface area contributed by atoms with Crippen LogP contribution < -0.4 is 9.47 Å². The van der Waals surface area contributed by atoms with Gasteiger partial charge in [-0.1, -0.05) is 29.8 Å². The predicted octanol–water partition coefficient (Wildman–Crippen LogP) is 4.37. The van der Waals surface area contributed by atoms with Crippen molar-refractivity contribution >= 4 is 17.5 Å². The molecule has 0 saturated carbocycles. The Morgan fingerprint density at radius 3 is 2.76 bits per heavy atom. The minimum absolute atomic E-state index is 0.168. The molecule has 0 bridgehead atoms. The van der Waals surface area contributed by atoms with Crippen LogP contribution >= 0.6 is 11.6 Å². The van der Waals surface area contributed by atoms with E-state index in [1.807, 2.05) is 47.4 Å². The highest BCUT2D eigenvalue weighted by Crippen LogP contribution is 2.34. The summed E-state index contributed by atoms with van der Waals surface area (Å²) in [6, 6.07) is 13.9. The van der Waals surface area contributed by atoms with Crippen molar-refractivity contribution in [2.45, 2.75) is 31.7 Å². The number of carbonyl (C=O) groups is 1. The fourth-order valence-electron chi connectivity index (χ4n) is 3.59. The van der Waals surface area contributed by atoms with E-state index < -0.39 is 0 Å². The zero-order valence-corrected chi connectivity index (χ0v) is 14.7. The molecular formula is C20H20ClNO3. The summed E-state index contributed by atoms with van der Waals surface area (Å²) in [4.78, 5) is 14.8. The molecule has 5 heteroatoms. The molecular weight excluding hydrogens is 338 g/mol. The number of halogens is 1. The molecule has 1 unspecified atom stereocenters. The number of aryl methyl sites for hydroxylation is 1. The van der Waals surface area contributed by atoms with Crippen molar-refractivity contribution in [2.75, 3.05) is 13.3 Å². The Kier molecular flexibility index (Phi) is 4.53. The van der Waals surface area contributed by atoms with Crippen LogP contribution in [0.2, 0.25) is 5.02 Å². The van der Waals surface area contributed by atoms with Gasteiger partial charge in [-0.25, -0.2) is 0 Å². The molecule has 2 aliphatic rings. The minimum atomic E-state index is 0.168. The summed E-state index contributed by atoms with van der Waals surface area (Å²) in [5.41, 5.74) is 2.26. The van der Waals surface area contributed by atoms with Gasteiger partial charge in [-0.3, -0.25) is 4.79 Å². The van der Waals surface area contributed by atoms with Crippen LogP contribution in [0, 0.1) is 0 Å². The van der Waals surface area contributed by atoms with E-state index in [1.54, 1.807) is 0 Å². The maximum absolute atomic E-state index is 12.7. The Hall–Kier alpha value is -2.20. The molecule has 25 heavy (non-hydrogen) atoms. The lowest BCUT2D eigenvalue weighted by molar-refractivity contribution is -0.132. The Morgan fingerprint density at radius 1 is 1.12 bits per heavy atom. The van der Waals surface area contributed by atoms with Gasteiger partial charge in [0.15, 0.2) is 11.5 Å². The number of rotatable bonds is 4. The molecule has 2 aromatic carbocycles. The SMILES string of the molecule is O=C(CCc1ccc2c(c1)OCO2)N1CCCC1c1ccc(Cl)cc1. The molecule has 2 aliphatic heterocycles. The molecule has 1 fully saturated rings. The highest BCUT2D eigenvalue weighted by atomic mass is 35.5. The second kappa shape index (κ2) is 6.96. The van der Waals surface area contributed by atoms with Crippen LogP contribution in [0.1, 0.15) is 36.4 Å². The fourth-order valence-corrected chi connectivity index (χ4v) is 3.71. The van der Waals surface area contributed by atoms with E-state index in [4.69, 9.17) is 21.1 Å². The van der Waals surface area contributed by atoms with Crippen molar-refractivity contribution in [3.63, 3.8) is 0 Å². The molecule has 1 atom stereocenters. The zero-order chi connectivity index (χ0) is 17.2. The Morgan fingerprint density at radius 2 is 1.92 bits per heavy atom. The van der Waals surface area contributed by atoms with Gasteiger partial charge in [-0.15, -0.1) is 0 Å². The van der Waals surface area contributed by atoms with Gasteiger partial charge in [-0.05, 0) is 54.7 Å². The Bertz CT molecular complexity index is 775. The highest BCUT2D eigenvalue weighted by Gasteiger charge is 2.29. The summed E-state index contributed by atoms with van der Waals surface area (Å²) < 4.78 is 10.7. The summed E-state index contributed by atoms with van der Waals surface area (Å²) in [6.07, 6.45) is 3.27. The van der Waals surface area contributed by atoms with Gasteiger partial charge in [0.2, 0.25) is 12.7 Å². The van der Waals surface area contributed by atoms with Crippen molar-refractivity contribution in [3.05, 3.63) is 58.6 Å². The van der Waals surface area contributed by atoms with Crippen molar-refractivity contribution in [1.29, 1.82) is 0 Å². The maximum Gasteiger partial charge on any atom is 0.231 e. The van der Waals surface area contributed by atoms with E-state index >= 15 is 0 Å². The molecule has 130 valence electrons. The highest BCUT2D eigenvalue weighted by molar-refractivity contribution is 6.30. The Balaban J connectivity index is 1.41. The summed E-state index contributed by atoms with van der Waals surface area (Å²) >= 11 is 5.98. The number of hydrogen-bond acceptors (Lipinski definition) is 3. The maximum atomic E-state index is 12.7. The topological polar surface area (TPSA) is 38.8 Å². The summed E-state index contributed by atoms with van der Waals surface area (Å²) in [5, 5.41) is 0.724. The first-order valence-electron chi connectivity index (χ1n) is 8.64. The van der Waals surface area contributed by atoms with Crippen molar-refractivity contribution < 1.29 is 14.3 Å². The molecule has 0 aromatic heterocycles. The quantitative estimate of drug-likeness (QED) is 0.815. The van der Waals surface area contributed by atoms with Crippen molar-refractivity contribution in [2.24, 2.45) is 0 Å². The lowest BCUT2D eigenvalue weighted by atomic mass is 10.0. The number of carbonyl (C=O) groups excluding carboxylic acids is 1. The Labute approximate surface area is 152 Å². The molecule has 4 nitrogen and oxygen atoms in total. The van der Waals surface area contributed by atoms with Gasteiger partial charge < -0.3 is 14.4 Å². The van der Waals surface area contributed by atoms with Gasteiger partial charge in [0.25, 0.3) is 0 Å². The van der Waals surface area contributed by atoms with Crippen LogP contribution in [0.25, 0.3) is 0 Å². The first-order valence-corrected chi connectivity index (χ1v) is 9.02. The molecule has 0 radical (unpaired) electrons. The molecule has 4 rings (SSSR count). The second-order valence-corrected chi connectivity index (χ2v) is 6.92. The summed E-state index contributed by atoms with van der Waals surface area (Å²) in [5.74, 6) is 1.75.